The van der Waals surface area contributed by atoms with Gasteiger partial charge in [-0.1, -0.05) is 18.2 Å². The van der Waals surface area contributed by atoms with Gasteiger partial charge < -0.3 is 19.7 Å². The molecule has 0 bridgehead atoms. The summed E-state index contributed by atoms with van der Waals surface area (Å²) in [7, 11) is 3.23. The number of aromatic nitrogens is 3. The molecule has 1 saturated heterocycles. The van der Waals surface area contributed by atoms with Gasteiger partial charge in [0.15, 0.2) is 0 Å². The van der Waals surface area contributed by atoms with E-state index in [1.807, 2.05) is 48.5 Å². The maximum Gasteiger partial charge on any atom is 0.250 e. The average Bonchev–Trinajstić information content (AvgIpc) is 2.85. The summed E-state index contributed by atoms with van der Waals surface area (Å²) >= 11 is 0. The van der Waals surface area contributed by atoms with Crippen molar-refractivity contribution in [3.63, 3.8) is 0 Å². The van der Waals surface area contributed by atoms with Crippen molar-refractivity contribution in [1.29, 1.82) is 0 Å². The number of benzene rings is 2. The molecule has 0 unspecified atom stereocenters. The van der Waals surface area contributed by atoms with Gasteiger partial charge in [0.25, 0.3) is 0 Å². The lowest BCUT2D eigenvalue weighted by Crippen LogP contribution is -2.31. The number of hydrogen-bond donors (Lipinski definition) is 2. The first-order valence-corrected chi connectivity index (χ1v) is 10.6. The smallest absolute Gasteiger partial charge is 0.250 e. The Bertz CT molecular complexity index is 1030. The van der Waals surface area contributed by atoms with E-state index in [2.05, 4.69) is 35.7 Å². The van der Waals surface area contributed by atoms with Crippen LogP contribution in [-0.4, -0.2) is 48.5 Å². The van der Waals surface area contributed by atoms with E-state index < -0.39 is 0 Å². The molecule has 0 aliphatic carbocycles. The average molecular weight is 434 g/mol. The molecule has 0 radical (unpaired) electrons. The van der Waals surface area contributed by atoms with Crippen molar-refractivity contribution in [2.24, 2.45) is 5.10 Å². The highest BCUT2D eigenvalue weighted by Gasteiger charge is 2.16. The van der Waals surface area contributed by atoms with Crippen molar-refractivity contribution < 1.29 is 9.47 Å². The Morgan fingerprint density at radius 3 is 2.25 bits per heavy atom. The second-order valence-corrected chi connectivity index (χ2v) is 7.34. The third-order valence-electron chi connectivity index (χ3n) is 5.04. The second kappa shape index (κ2) is 10.4. The van der Waals surface area contributed by atoms with Crippen molar-refractivity contribution >= 4 is 29.7 Å². The number of nitrogens with one attached hydrogen (secondary N) is 2. The maximum atomic E-state index is 5.31. The van der Waals surface area contributed by atoms with Crippen LogP contribution in [0.3, 0.4) is 0 Å². The Hall–Kier alpha value is -3.88. The molecular formula is C23H27N7O2. The van der Waals surface area contributed by atoms with Crippen LogP contribution in [0.25, 0.3) is 0 Å². The number of hydrogen-bond acceptors (Lipinski definition) is 9. The summed E-state index contributed by atoms with van der Waals surface area (Å²) in [5.41, 5.74) is 4.66. The molecule has 32 heavy (non-hydrogen) atoms. The summed E-state index contributed by atoms with van der Waals surface area (Å²) in [5.74, 6) is 2.84. The molecule has 4 rings (SSSR count). The van der Waals surface area contributed by atoms with E-state index >= 15 is 0 Å². The third-order valence-corrected chi connectivity index (χ3v) is 5.04. The Kier molecular flexibility index (Phi) is 6.96. The molecule has 1 aromatic heterocycles. The lowest BCUT2D eigenvalue weighted by molar-refractivity contribution is 0.394. The van der Waals surface area contributed by atoms with Crippen LogP contribution in [0.4, 0.5) is 23.5 Å². The summed E-state index contributed by atoms with van der Waals surface area (Å²) in [5, 5.41) is 7.56. The summed E-state index contributed by atoms with van der Waals surface area (Å²) < 4.78 is 10.6. The van der Waals surface area contributed by atoms with Crippen LogP contribution in [0.2, 0.25) is 0 Å². The van der Waals surface area contributed by atoms with Gasteiger partial charge in [-0.05, 0) is 43.5 Å². The fourth-order valence-corrected chi connectivity index (χ4v) is 3.43. The van der Waals surface area contributed by atoms with Crippen LogP contribution in [0.5, 0.6) is 11.5 Å². The lowest BCUT2D eigenvalue weighted by atomic mass is 10.1. The first-order valence-electron chi connectivity index (χ1n) is 10.6. The monoisotopic (exact) mass is 433 g/mol. The predicted octanol–water partition coefficient (Wildman–Crippen LogP) is 4.07. The third kappa shape index (κ3) is 5.63. The molecule has 9 nitrogen and oxygen atoms in total. The minimum absolute atomic E-state index is 0.366. The molecule has 2 heterocycles. The van der Waals surface area contributed by atoms with Gasteiger partial charge in [-0.3, -0.25) is 0 Å². The van der Waals surface area contributed by atoms with Crippen molar-refractivity contribution in [2.45, 2.75) is 19.3 Å². The van der Waals surface area contributed by atoms with E-state index in [0.29, 0.717) is 29.3 Å². The van der Waals surface area contributed by atoms with Gasteiger partial charge in [-0.15, -0.1) is 0 Å². The second-order valence-electron chi connectivity index (χ2n) is 7.34. The van der Waals surface area contributed by atoms with Crippen molar-refractivity contribution in [2.75, 3.05) is 43.0 Å². The highest BCUT2D eigenvalue weighted by Crippen LogP contribution is 2.22. The molecule has 3 aromatic rings. The number of para-hydroxylation sites is 1. The van der Waals surface area contributed by atoms with E-state index in [9.17, 15) is 0 Å². The summed E-state index contributed by atoms with van der Waals surface area (Å²) in [6.07, 6.45) is 5.16. The molecule has 1 fully saturated rings. The minimum Gasteiger partial charge on any atom is -0.497 e. The van der Waals surface area contributed by atoms with Crippen LogP contribution >= 0.6 is 0 Å². The Morgan fingerprint density at radius 1 is 0.875 bits per heavy atom. The fourth-order valence-electron chi connectivity index (χ4n) is 3.43. The van der Waals surface area contributed by atoms with E-state index in [4.69, 9.17) is 9.47 Å². The highest BCUT2D eigenvalue weighted by atomic mass is 16.5. The molecule has 0 amide bonds. The molecular weight excluding hydrogens is 406 g/mol. The highest BCUT2D eigenvalue weighted by molar-refractivity contribution is 5.81. The number of nitrogens with zero attached hydrogens (tertiary/aromatic N) is 5. The quantitative estimate of drug-likeness (QED) is 0.405. The largest absolute Gasteiger partial charge is 0.497 e. The molecule has 1 aliphatic heterocycles. The van der Waals surface area contributed by atoms with Crippen LogP contribution in [0, 0.1) is 0 Å². The zero-order chi connectivity index (χ0) is 22.2. The first-order chi connectivity index (χ1) is 15.7. The number of rotatable bonds is 8. The number of methoxy groups -OCH3 is 2. The van der Waals surface area contributed by atoms with Gasteiger partial charge >= 0.3 is 0 Å². The standard InChI is InChI=1S/C23H27N7O2/c1-31-19-13-17(14-20(15-19)32-2)16-24-29-22-26-21(25-18-9-5-3-6-10-18)27-23(28-22)30-11-7-4-8-12-30/h3,5-6,9-10,13-16H,4,7-8,11-12H2,1-2H3,(H2,25,26,27,28,29)/b24-16-. The Balaban J connectivity index is 1.56. The van der Waals surface area contributed by atoms with Crippen molar-refractivity contribution in [3.8, 4) is 11.5 Å². The number of anilines is 4. The molecule has 1 aliphatic rings. The van der Waals surface area contributed by atoms with E-state index in [-0.39, 0.29) is 0 Å². The SMILES string of the molecule is COc1cc(/C=N\Nc2nc(Nc3ccccc3)nc(N3CCCCC3)n2)cc(OC)c1. The van der Waals surface area contributed by atoms with Gasteiger partial charge in [0, 0.05) is 30.4 Å². The topological polar surface area (TPSA) is 96.8 Å². The Morgan fingerprint density at radius 2 is 1.56 bits per heavy atom. The van der Waals surface area contributed by atoms with Crippen LogP contribution in [-0.2, 0) is 0 Å². The Labute approximate surface area is 187 Å². The number of hydrazone groups is 1. The van der Waals surface area contributed by atoms with Crippen LogP contribution in [0.15, 0.2) is 53.6 Å². The van der Waals surface area contributed by atoms with Crippen LogP contribution in [0.1, 0.15) is 24.8 Å². The normalized spacial score (nSPS) is 13.8. The number of piperidine rings is 1. The summed E-state index contributed by atoms with van der Waals surface area (Å²) in [4.78, 5) is 15.9. The molecule has 0 atom stereocenters. The van der Waals surface area contributed by atoms with Gasteiger partial charge in [-0.2, -0.15) is 20.1 Å². The minimum atomic E-state index is 0.366. The summed E-state index contributed by atoms with van der Waals surface area (Å²) in [6, 6.07) is 15.3. The molecule has 0 saturated carbocycles. The predicted molar refractivity (Wildman–Crippen MR) is 126 cm³/mol. The van der Waals surface area contributed by atoms with Gasteiger partial charge in [0.2, 0.25) is 17.8 Å². The van der Waals surface area contributed by atoms with E-state index in [0.717, 1.165) is 37.2 Å². The molecule has 0 spiro atoms. The van der Waals surface area contributed by atoms with E-state index in [1.54, 1.807) is 20.4 Å². The molecule has 166 valence electrons. The van der Waals surface area contributed by atoms with Crippen LogP contribution < -0.4 is 25.1 Å². The van der Waals surface area contributed by atoms with Crippen molar-refractivity contribution in [1.82, 2.24) is 15.0 Å². The van der Waals surface area contributed by atoms with Gasteiger partial charge in [-0.25, -0.2) is 5.43 Å². The lowest BCUT2D eigenvalue weighted by Gasteiger charge is -2.26. The fraction of sp³-hybridized carbons (Fsp3) is 0.304. The first kappa shape index (κ1) is 21.4. The number of ether oxygens (including phenoxy) is 2. The van der Waals surface area contributed by atoms with Gasteiger partial charge in [0.05, 0.1) is 20.4 Å². The zero-order valence-electron chi connectivity index (χ0n) is 18.3. The van der Waals surface area contributed by atoms with Crippen molar-refractivity contribution in [3.05, 3.63) is 54.1 Å². The molecule has 2 N–H and O–H groups in total. The van der Waals surface area contributed by atoms with Gasteiger partial charge in [0.1, 0.15) is 11.5 Å². The molecule has 2 aromatic carbocycles. The maximum absolute atomic E-state index is 5.31. The zero-order valence-corrected chi connectivity index (χ0v) is 18.3. The van der Waals surface area contributed by atoms with E-state index in [1.165, 1.54) is 6.42 Å². The molecule has 9 heteroatoms. The summed E-state index contributed by atoms with van der Waals surface area (Å²) in [6.45, 7) is 1.86.